The van der Waals surface area contributed by atoms with Crippen LogP contribution in [0.3, 0.4) is 0 Å². The van der Waals surface area contributed by atoms with Crippen molar-refractivity contribution in [3.05, 3.63) is 0 Å². The van der Waals surface area contributed by atoms with Crippen molar-refractivity contribution in [3.63, 3.8) is 0 Å². The van der Waals surface area contributed by atoms with Crippen molar-refractivity contribution in [2.75, 3.05) is 0 Å². The number of hydrogen-bond acceptors (Lipinski definition) is 0. The van der Waals surface area contributed by atoms with E-state index in [0.717, 1.165) is 0 Å². The van der Waals surface area contributed by atoms with Crippen molar-refractivity contribution in [1.29, 1.82) is 0 Å². The molecule has 0 fully saturated rings. The standard InChI is InChI=1S/Ba.3BrH.K/h;3*1H;/q+2;;;;+1/p-3. The summed E-state index contributed by atoms with van der Waals surface area (Å²) in [6, 6.07) is 0. The van der Waals surface area contributed by atoms with Gasteiger partial charge in [0.15, 0.2) is 0 Å². The third-order valence-corrected chi connectivity index (χ3v) is 0. The third-order valence-electron chi connectivity index (χ3n) is 0. The third kappa shape index (κ3) is 17.7. The normalized spacial score (nSPS) is 0. The molecule has 0 radical (unpaired) electrons. The molecule has 0 saturated heterocycles. The summed E-state index contributed by atoms with van der Waals surface area (Å²) in [5.41, 5.74) is 0. The van der Waals surface area contributed by atoms with E-state index in [0.29, 0.717) is 0 Å². The monoisotopic (exact) mass is 414 g/mol. The van der Waals surface area contributed by atoms with Gasteiger partial charge in [-0.25, -0.2) is 0 Å². The largest absolute Gasteiger partial charge is 2.00 e. The van der Waals surface area contributed by atoms with Crippen molar-refractivity contribution >= 4 is 48.9 Å². The second-order valence-corrected chi connectivity index (χ2v) is 0. The maximum atomic E-state index is 0. The molecule has 0 aliphatic carbocycles. The Labute approximate surface area is 146 Å². The Bertz CT molecular complexity index is 6.85. The van der Waals surface area contributed by atoms with Crippen LogP contribution in [0.1, 0.15) is 0 Å². The van der Waals surface area contributed by atoms with Gasteiger partial charge in [-0.2, -0.15) is 0 Å². The van der Waals surface area contributed by atoms with Gasteiger partial charge in [-0.15, -0.1) is 0 Å². The molecule has 0 amide bonds. The van der Waals surface area contributed by atoms with Crippen LogP contribution in [0.25, 0.3) is 0 Å². The molecule has 0 bridgehead atoms. The fourth-order valence-electron chi connectivity index (χ4n) is 0. The van der Waals surface area contributed by atoms with Gasteiger partial charge in [0, 0.05) is 0 Å². The first-order valence-electron chi connectivity index (χ1n) is 0. The van der Waals surface area contributed by atoms with Crippen molar-refractivity contribution in [2.24, 2.45) is 0 Å². The Morgan fingerprint density at radius 2 is 0.600 bits per heavy atom. The van der Waals surface area contributed by atoms with Gasteiger partial charge in [-0.05, 0) is 0 Å². The summed E-state index contributed by atoms with van der Waals surface area (Å²) in [6.45, 7) is 0. The maximum absolute atomic E-state index is 0. The van der Waals surface area contributed by atoms with Crippen molar-refractivity contribution in [1.82, 2.24) is 0 Å². The Morgan fingerprint density at radius 1 is 0.600 bits per heavy atom. The molecule has 0 atom stereocenters. The predicted molar refractivity (Wildman–Crippen MR) is 5.75 cm³/mol. The first kappa shape index (κ1) is 33.4. The van der Waals surface area contributed by atoms with E-state index >= 15 is 0 Å². The summed E-state index contributed by atoms with van der Waals surface area (Å²) < 4.78 is 0. The molecule has 0 aromatic heterocycles. The van der Waals surface area contributed by atoms with Crippen molar-refractivity contribution < 1.29 is 102 Å². The fraction of sp³-hybridized carbons (Fsp3) is 0. The van der Waals surface area contributed by atoms with Crippen LogP contribution in [0.15, 0.2) is 0 Å². The molecule has 0 unspecified atom stereocenters. The second kappa shape index (κ2) is 23.4. The van der Waals surface area contributed by atoms with E-state index in [1.807, 2.05) is 0 Å². The topological polar surface area (TPSA) is 0 Å². The van der Waals surface area contributed by atoms with E-state index in [4.69, 9.17) is 0 Å². The fourth-order valence-corrected chi connectivity index (χ4v) is 0. The van der Waals surface area contributed by atoms with E-state index in [1.54, 1.807) is 0 Å². The quantitative estimate of drug-likeness (QED) is 0.345. The van der Waals surface area contributed by atoms with Crippen LogP contribution in [0.4, 0.5) is 0 Å². The summed E-state index contributed by atoms with van der Waals surface area (Å²) in [6.07, 6.45) is 0. The predicted octanol–water partition coefficient (Wildman–Crippen LogP) is -12.4. The molecule has 0 aliphatic heterocycles. The first-order chi connectivity index (χ1) is 0. The molecular weight excluding hydrogens is 416 g/mol. The molecule has 0 aromatic rings. The van der Waals surface area contributed by atoms with Crippen LogP contribution >= 0.6 is 0 Å². The molecule has 0 saturated carbocycles. The number of rotatable bonds is 0. The van der Waals surface area contributed by atoms with Crippen molar-refractivity contribution in [2.45, 2.75) is 0 Å². The molecule has 0 N–H and O–H groups in total. The summed E-state index contributed by atoms with van der Waals surface area (Å²) in [4.78, 5) is 0. The number of hydrogen-bond donors (Lipinski definition) is 0. The zero-order chi connectivity index (χ0) is 0. The summed E-state index contributed by atoms with van der Waals surface area (Å²) in [5.74, 6) is 0. The van der Waals surface area contributed by atoms with Crippen molar-refractivity contribution in [3.8, 4) is 0 Å². The van der Waals surface area contributed by atoms with Gasteiger partial charge in [-0.3, -0.25) is 0 Å². The van der Waals surface area contributed by atoms with Gasteiger partial charge >= 0.3 is 100 Å². The molecule has 0 nitrogen and oxygen atoms in total. The van der Waals surface area contributed by atoms with Gasteiger partial charge in [0.1, 0.15) is 0 Å². The van der Waals surface area contributed by atoms with Crippen LogP contribution in [0.2, 0.25) is 0 Å². The van der Waals surface area contributed by atoms with E-state index in [9.17, 15) is 0 Å². The van der Waals surface area contributed by atoms with Gasteiger partial charge in [-0.1, -0.05) is 0 Å². The zero-order valence-corrected chi connectivity index (χ0v) is 15.2. The molecule has 5 heavy (non-hydrogen) atoms. The van der Waals surface area contributed by atoms with E-state index in [2.05, 4.69) is 0 Å². The molecular formula is BaBr3K. The Kier molecular flexibility index (Phi) is 156. The molecule has 24 valence electrons. The smallest absolute Gasteiger partial charge is 1.00 e. The van der Waals surface area contributed by atoms with Gasteiger partial charge in [0.25, 0.3) is 0 Å². The van der Waals surface area contributed by atoms with Crippen LogP contribution in [-0.2, 0) is 0 Å². The summed E-state index contributed by atoms with van der Waals surface area (Å²) in [5, 5.41) is 0. The first-order valence-corrected chi connectivity index (χ1v) is 0. The number of halogens is 3. The van der Waals surface area contributed by atoms with Crippen LogP contribution in [-0.4, -0.2) is 48.9 Å². The minimum Gasteiger partial charge on any atom is -1.00 e. The minimum absolute atomic E-state index is 0. The average molecular weight is 416 g/mol. The van der Waals surface area contributed by atoms with Gasteiger partial charge < -0.3 is 50.9 Å². The van der Waals surface area contributed by atoms with Gasteiger partial charge in [0.2, 0.25) is 0 Å². The SMILES string of the molecule is [Ba+2].[Br-].[Br-].[Br-].[K+]. The van der Waals surface area contributed by atoms with E-state index < -0.39 is 0 Å². The van der Waals surface area contributed by atoms with Crippen LogP contribution in [0.5, 0.6) is 0 Å². The molecule has 0 aliphatic rings. The van der Waals surface area contributed by atoms with E-state index in [-0.39, 0.29) is 151 Å². The molecule has 5 heteroatoms. The second-order valence-electron chi connectivity index (χ2n) is 0. The minimum atomic E-state index is 0. The summed E-state index contributed by atoms with van der Waals surface area (Å²) >= 11 is 0. The van der Waals surface area contributed by atoms with Crippen LogP contribution < -0.4 is 102 Å². The average Bonchev–Trinajstić information content (AvgIpc) is 0. The zero-order valence-electron chi connectivity index (χ0n) is 2.84. The molecule has 0 spiro atoms. The Morgan fingerprint density at radius 3 is 0.600 bits per heavy atom. The Balaban J connectivity index is 0. The summed E-state index contributed by atoms with van der Waals surface area (Å²) in [7, 11) is 0. The maximum Gasteiger partial charge on any atom is 2.00 e. The molecule has 0 aromatic carbocycles. The van der Waals surface area contributed by atoms with Crippen LogP contribution in [0, 0.1) is 0 Å². The molecule has 0 heterocycles. The Hall–Kier alpha value is 4.65. The molecule has 0 rings (SSSR count). The van der Waals surface area contributed by atoms with Gasteiger partial charge in [0.05, 0.1) is 0 Å². The van der Waals surface area contributed by atoms with E-state index in [1.165, 1.54) is 0 Å².